The molecule has 4 heteroatoms. The fourth-order valence-corrected chi connectivity index (χ4v) is 3.04. The molecule has 0 bridgehead atoms. The van der Waals surface area contributed by atoms with Crippen LogP contribution in [0.25, 0.3) is 0 Å². The molecule has 104 valence electrons. The van der Waals surface area contributed by atoms with Gasteiger partial charge in [0.1, 0.15) is 6.61 Å². The van der Waals surface area contributed by atoms with Gasteiger partial charge in [0.25, 0.3) is 0 Å². The third-order valence-corrected chi connectivity index (χ3v) is 4.07. The zero-order valence-corrected chi connectivity index (χ0v) is 11.8. The Kier molecular flexibility index (Phi) is 3.97. The van der Waals surface area contributed by atoms with Crippen LogP contribution in [0.3, 0.4) is 0 Å². The summed E-state index contributed by atoms with van der Waals surface area (Å²) in [6, 6.07) is 0.340. The Morgan fingerprint density at radius 2 is 1.94 bits per heavy atom. The molecule has 3 atom stereocenters. The summed E-state index contributed by atoms with van der Waals surface area (Å²) < 4.78 is 5.56. The Morgan fingerprint density at radius 1 is 1.28 bits per heavy atom. The number of amides is 1. The van der Waals surface area contributed by atoms with Gasteiger partial charge in [-0.15, -0.1) is 0 Å². The summed E-state index contributed by atoms with van der Waals surface area (Å²) in [5.41, 5.74) is 5.75. The molecule has 1 saturated heterocycles. The maximum absolute atomic E-state index is 12.1. The summed E-state index contributed by atoms with van der Waals surface area (Å²) in [7, 11) is 0. The van der Waals surface area contributed by atoms with Crippen molar-refractivity contribution in [2.45, 2.75) is 51.7 Å². The summed E-state index contributed by atoms with van der Waals surface area (Å²) in [5, 5.41) is 0. The highest BCUT2D eigenvalue weighted by Crippen LogP contribution is 2.35. The lowest BCUT2D eigenvalue weighted by Gasteiger charge is -2.27. The van der Waals surface area contributed by atoms with Crippen molar-refractivity contribution in [3.05, 3.63) is 0 Å². The molecule has 0 radical (unpaired) electrons. The third-order valence-electron chi connectivity index (χ3n) is 4.07. The Morgan fingerprint density at radius 3 is 2.61 bits per heavy atom. The van der Waals surface area contributed by atoms with Gasteiger partial charge in [0.05, 0.1) is 5.60 Å². The van der Waals surface area contributed by atoms with Gasteiger partial charge in [-0.25, -0.2) is 0 Å². The minimum absolute atomic E-state index is 0.132. The highest BCUT2D eigenvalue weighted by molar-refractivity contribution is 5.77. The topological polar surface area (TPSA) is 55.6 Å². The van der Waals surface area contributed by atoms with Crippen molar-refractivity contribution in [3.8, 4) is 0 Å². The van der Waals surface area contributed by atoms with Gasteiger partial charge in [0.15, 0.2) is 0 Å². The monoisotopic (exact) mass is 254 g/mol. The number of nitrogens with two attached hydrogens (primary N) is 1. The minimum Gasteiger partial charge on any atom is -0.366 e. The molecule has 1 saturated carbocycles. The first-order valence-corrected chi connectivity index (χ1v) is 7.02. The summed E-state index contributed by atoms with van der Waals surface area (Å²) in [4.78, 5) is 14.1. The van der Waals surface area contributed by atoms with E-state index in [1.54, 1.807) is 0 Å². The van der Waals surface area contributed by atoms with E-state index < -0.39 is 0 Å². The first-order chi connectivity index (χ1) is 8.35. The summed E-state index contributed by atoms with van der Waals surface area (Å²) >= 11 is 0. The molecule has 2 rings (SSSR count). The van der Waals surface area contributed by atoms with Gasteiger partial charge in [-0.2, -0.15) is 0 Å². The van der Waals surface area contributed by atoms with Crippen LogP contribution in [0.4, 0.5) is 0 Å². The van der Waals surface area contributed by atoms with Crippen LogP contribution in [-0.2, 0) is 9.53 Å². The van der Waals surface area contributed by atoms with Crippen LogP contribution in [0.5, 0.6) is 0 Å². The standard InChI is InChI=1S/C14H26N2O2/c1-14(2,3)18-9-13(17)16-7-10-4-5-12(15)6-11(10)8-16/h10-12H,4-9,15H2,1-3H3/t10-,11+,12?/m1/s1. The third kappa shape index (κ3) is 3.45. The first-order valence-electron chi connectivity index (χ1n) is 7.02. The van der Waals surface area contributed by atoms with E-state index in [2.05, 4.69) is 0 Å². The Bertz CT molecular complexity index is 311. The van der Waals surface area contributed by atoms with Crippen LogP contribution in [0.15, 0.2) is 0 Å². The van der Waals surface area contributed by atoms with Crippen LogP contribution in [0.2, 0.25) is 0 Å². The molecule has 1 amide bonds. The maximum Gasteiger partial charge on any atom is 0.248 e. The van der Waals surface area contributed by atoms with Gasteiger partial charge in [0, 0.05) is 19.1 Å². The second-order valence-electron chi connectivity index (χ2n) is 6.79. The highest BCUT2D eigenvalue weighted by atomic mass is 16.5. The average Bonchev–Trinajstić information content (AvgIpc) is 2.67. The SMILES string of the molecule is CC(C)(C)OCC(=O)N1C[C@H]2CCC(N)C[C@H]2C1. The Labute approximate surface area is 110 Å². The van der Waals surface area contributed by atoms with Crippen molar-refractivity contribution in [1.82, 2.24) is 4.90 Å². The number of carbonyl (C=O) groups is 1. The quantitative estimate of drug-likeness (QED) is 0.810. The second-order valence-corrected chi connectivity index (χ2v) is 6.79. The predicted octanol–water partition coefficient (Wildman–Crippen LogP) is 1.39. The first kappa shape index (κ1) is 13.8. The van der Waals surface area contributed by atoms with Gasteiger partial charge in [0.2, 0.25) is 5.91 Å². The van der Waals surface area contributed by atoms with E-state index in [9.17, 15) is 4.79 Å². The van der Waals surface area contributed by atoms with Crippen LogP contribution in [0, 0.1) is 11.8 Å². The lowest BCUT2D eigenvalue weighted by molar-refractivity contribution is -0.140. The van der Waals surface area contributed by atoms with E-state index >= 15 is 0 Å². The normalized spacial score (nSPS) is 32.4. The molecule has 18 heavy (non-hydrogen) atoms. The molecule has 2 aliphatic rings. The minimum atomic E-state index is -0.246. The fourth-order valence-electron chi connectivity index (χ4n) is 3.04. The highest BCUT2D eigenvalue weighted by Gasteiger charge is 2.38. The number of likely N-dealkylation sites (tertiary alicyclic amines) is 1. The molecule has 1 unspecified atom stereocenters. The molecular formula is C14H26N2O2. The summed E-state index contributed by atoms with van der Waals surface area (Å²) in [6.45, 7) is 7.92. The van der Waals surface area contributed by atoms with Crippen molar-refractivity contribution in [3.63, 3.8) is 0 Å². The molecular weight excluding hydrogens is 228 g/mol. The maximum atomic E-state index is 12.1. The van der Waals surface area contributed by atoms with Crippen LogP contribution in [0.1, 0.15) is 40.0 Å². The van der Waals surface area contributed by atoms with Crippen LogP contribution < -0.4 is 5.73 Å². The number of fused-ring (bicyclic) bond motifs is 1. The molecule has 2 fully saturated rings. The number of ether oxygens (including phenoxy) is 1. The Hall–Kier alpha value is -0.610. The number of carbonyl (C=O) groups excluding carboxylic acids is 1. The predicted molar refractivity (Wildman–Crippen MR) is 71.1 cm³/mol. The van der Waals surface area contributed by atoms with E-state index in [1.807, 2.05) is 25.7 Å². The van der Waals surface area contributed by atoms with Crippen LogP contribution in [-0.4, -0.2) is 42.1 Å². The van der Waals surface area contributed by atoms with E-state index in [0.717, 1.165) is 25.9 Å². The van der Waals surface area contributed by atoms with Gasteiger partial charge >= 0.3 is 0 Å². The van der Waals surface area contributed by atoms with E-state index in [4.69, 9.17) is 10.5 Å². The van der Waals surface area contributed by atoms with Gasteiger partial charge in [-0.05, 0) is 51.9 Å². The smallest absolute Gasteiger partial charge is 0.248 e. The average molecular weight is 254 g/mol. The second kappa shape index (κ2) is 5.17. The van der Waals surface area contributed by atoms with Crippen molar-refractivity contribution < 1.29 is 9.53 Å². The van der Waals surface area contributed by atoms with Gasteiger partial charge in [-0.3, -0.25) is 4.79 Å². The van der Waals surface area contributed by atoms with E-state index in [1.165, 1.54) is 6.42 Å². The number of hydrogen-bond donors (Lipinski definition) is 1. The Balaban J connectivity index is 1.83. The lowest BCUT2D eigenvalue weighted by atomic mass is 9.79. The molecule has 2 N–H and O–H groups in total. The van der Waals surface area contributed by atoms with Crippen LogP contribution >= 0.6 is 0 Å². The van der Waals surface area contributed by atoms with Gasteiger partial charge in [-0.1, -0.05) is 0 Å². The molecule has 0 aromatic rings. The molecule has 1 aliphatic heterocycles. The molecule has 1 heterocycles. The van der Waals surface area contributed by atoms with Crippen molar-refractivity contribution in [1.29, 1.82) is 0 Å². The van der Waals surface area contributed by atoms with Gasteiger partial charge < -0.3 is 15.4 Å². The van der Waals surface area contributed by atoms with E-state index in [-0.39, 0.29) is 18.1 Å². The van der Waals surface area contributed by atoms with E-state index in [0.29, 0.717) is 17.9 Å². The number of hydrogen-bond acceptors (Lipinski definition) is 3. The zero-order chi connectivity index (χ0) is 13.3. The summed E-state index contributed by atoms with van der Waals surface area (Å²) in [6.07, 6.45) is 3.37. The molecule has 0 spiro atoms. The largest absolute Gasteiger partial charge is 0.366 e. The molecule has 4 nitrogen and oxygen atoms in total. The van der Waals surface area contributed by atoms with Crippen molar-refractivity contribution in [2.24, 2.45) is 17.6 Å². The molecule has 0 aromatic heterocycles. The molecule has 0 aromatic carbocycles. The number of nitrogens with zero attached hydrogens (tertiary/aromatic N) is 1. The fraction of sp³-hybridized carbons (Fsp3) is 0.929. The van der Waals surface area contributed by atoms with Crippen molar-refractivity contribution in [2.75, 3.05) is 19.7 Å². The zero-order valence-electron chi connectivity index (χ0n) is 11.8. The number of rotatable bonds is 2. The summed E-state index contributed by atoms with van der Waals surface area (Å²) in [5.74, 6) is 1.42. The van der Waals surface area contributed by atoms with Crippen molar-refractivity contribution >= 4 is 5.91 Å². The molecule has 1 aliphatic carbocycles. The lowest BCUT2D eigenvalue weighted by Crippen LogP contribution is -2.35.